The van der Waals surface area contributed by atoms with Gasteiger partial charge in [0, 0.05) is 5.75 Å². The largest absolute Gasteiger partial charge is 0.378 e. The highest BCUT2D eigenvalue weighted by Crippen LogP contribution is 2.32. The predicted octanol–water partition coefficient (Wildman–Crippen LogP) is 2.26. The van der Waals surface area contributed by atoms with Crippen LogP contribution in [0.15, 0.2) is 41.7 Å². The van der Waals surface area contributed by atoms with E-state index in [2.05, 4.69) is 9.97 Å². The molecule has 0 radical (unpaired) electrons. The van der Waals surface area contributed by atoms with Gasteiger partial charge in [-0.2, -0.15) is 0 Å². The normalized spacial score (nSPS) is 10.2. The molecule has 0 spiro atoms. The highest BCUT2D eigenvalue weighted by atomic mass is 32.2. The third-order valence-corrected chi connectivity index (χ3v) is 3.27. The fourth-order valence-corrected chi connectivity index (χ4v) is 2.31. The number of aromatic nitrogens is 2. The summed E-state index contributed by atoms with van der Waals surface area (Å²) in [6.07, 6.45) is 1.23. The SMILES string of the molecule is Nc1ncnc(SCc2ccccc2)c1[N+](=O)[O-]. The van der Waals surface area contributed by atoms with Gasteiger partial charge < -0.3 is 5.73 Å². The Morgan fingerprint density at radius 2 is 2.00 bits per heavy atom. The summed E-state index contributed by atoms with van der Waals surface area (Å²) in [5.41, 5.74) is 6.33. The molecule has 1 heterocycles. The molecule has 1 aromatic carbocycles. The standard InChI is InChI=1S/C11H10N4O2S/c12-10-9(15(16)17)11(14-7-13-10)18-6-8-4-2-1-3-5-8/h1-5,7H,6H2,(H2,12,13,14). The number of rotatable bonds is 4. The van der Waals surface area contributed by atoms with Crippen molar-refractivity contribution in [1.29, 1.82) is 0 Å². The number of nitro groups is 1. The third kappa shape index (κ3) is 2.75. The van der Waals surface area contributed by atoms with Gasteiger partial charge in [0.15, 0.2) is 5.03 Å². The number of nitrogen functional groups attached to an aromatic ring is 1. The summed E-state index contributed by atoms with van der Waals surface area (Å²) in [5.74, 6) is 0.489. The fraction of sp³-hybridized carbons (Fsp3) is 0.0909. The molecular formula is C11H10N4O2S. The summed E-state index contributed by atoms with van der Waals surface area (Å²) in [6, 6.07) is 9.64. The molecule has 0 aliphatic heterocycles. The van der Waals surface area contributed by atoms with Crippen molar-refractivity contribution in [3.63, 3.8) is 0 Å². The number of benzene rings is 1. The molecule has 0 bridgehead atoms. The molecule has 18 heavy (non-hydrogen) atoms. The zero-order valence-electron chi connectivity index (χ0n) is 9.31. The van der Waals surface area contributed by atoms with Gasteiger partial charge in [-0.3, -0.25) is 10.1 Å². The minimum atomic E-state index is -0.553. The van der Waals surface area contributed by atoms with Gasteiger partial charge in [0.25, 0.3) is 0 Å². The molecule has 0 saturated heterocycles. The molecule has 6 nitrogen and oxygen atoms in total. The van der Waals surface area contributed by atoms with E-state index < -0.39 is 4.92 Å². The summed E-state index contributed by atoms with van der Waals surface area (Å²) < 4.78 is 0. The zero-order chi connectivity index (χ0) is 13.0. The smallest absolute Gasteiger partial charge is 0.343 e. The van der Waals surface area contributed by atoms with Crippen LogP contribution in [0.1, 0.15) is 5.56 Å². The maximum Gasteiger partial charge on any atom is 0.343 e. The number of nitrogens with two attached hydrogens (primary N) is 1. The van der Waals surface area contributed by atoms with Gasteiger partial charge >= 0.3 is 5.69 Å². The highest BCUT2D eigenvalue weighted by Gasteiger charge is 2.20. The second-order valence-corrected chi connectivity index (χ2v) is 4.41. The summed E-state index contributed by atoms with van der Waals surface area (Å²) in [5, 5.41) is 11.2. The zero-order valence-corrected chi connectivity index (χ0v) is 10.1. The van der Waals surface area contributed by atoms with E-state index in [1.54, 1.807) is 0 Å². The molecule has 0 aliphatic carbocycles. The average Bonchev–Trinajstić information content (AvgIpc) is 2.37. The van der Waals surface area contributed by atoms with E-state index in [1.165, 1.54) is 18.1 Å². The van der Waals surface area contributed by atoms with Crippen molar-refractivity contribution >= 4 is 23.3 Å². The molecule has 0 atom stereocenters. The second kappa shape index (κ2) is 5.46. The van der Waals surface area contributed by atoms with E-state index >= 15 is 0 Å². The van der Waals surface area contributed by atoms with Crippen LogP contribution >= 0.6 is 11.8 Å². The Morgan fingerprint density at radius 1 is 1.28 bits per heavy atom. The van der Waals surface area contributed by atoms with E-state index in [-0.39, 0.29) is 16.5 Å². The van der Waals surface area contributed by atoms with Crippen LogP contribution in [0, 0.1) is 10.1 Å². The molecule has 0 unspecified atom stereocenters. The molecule has 0 aliphatic rings. The van der Waals surface area contributed by atoms with Gasteiger partial charge in [0.1, 0.15) is 6.33 Å². The van der Waals surface area contributed by atoms with E-state index in [4.69, 9.17) is 5.73 Å². The van der Waals surface area contributed by atoms with Crippen LogP contribution in [0.25, 0.3) is 0 Å². The van der Waals surface area contributed by atoms with Crippen molar-refractivity contribution in [3.05, 3.63) is 52.3 Å². The number of anilines is 1. The minimum absolute atomic E-state index is 0.106. The molecule has 0 amide bonds. The van der Waals surface area contributed by atoms with Gasteiger partial charge in [-0.1, -0.05) is 42.1 Å². The Hall–Kier alpha value is -2.15. The van der Waals surface area contributed by atoms with Crippen LogP contribution in [0.5, 0.6) is 0 Å². The third-order valence-electron chi connectivity index (χ3n) is 2.22. The van der Waals surface area contributed by atoms with Gasteiger partial charge in [-0.15, -0.1) is 0 Å². The lowest BCUT2D eigenvalue weighted by Gasteiger charge is -2.03. The molecule has 2 aromatic rings. The van der Waals surface area contributed by atoms with Crippen molar-refractivity contribution in [2.24, 2.45) is 0 Å². The maximum absolute atomic E-state index is 10.9. The molecule has 92 valence electrons. The summed E-state index contributed by atoms with van der Waals surface area (Å²) >= 11 is 1.27. The molecule has 2 N–H and O–H groups in total. The van der Waals surface area contributed by atoms with Crippen molar-refractivity contribution < 1.29 is 4.92 Å². The van der Waals surface area contributed by atoms with Crippen molar-refractivity contribution in [2.75, 3.05) is 5.73 Å². The quantitative estimate of drug-likeness (QED) is 0.393. The molecule has 1 aromatic heterocycles. The van der Waals surface area contributed by atoms with Gasteiger partial charge in [-0.05, 0) is 5.56 Å². The Kier molecular flexibility index (Phi) is 3.73. The van der Waals surface area contributed by atoms with Gasteiger partial charge in [0.05, 0.1) is 4.92 Å². The van der Waals surface area contributed by atoms with Gasteiger partial charge in [-0.25, -0.2) is 9.97 Å². The lowest BCUT2D eigenvalue weighted by Crippen LogP contribution is -2.01. The molecule has 0 fully saturated rings. The first-order valence-electron chi connectivity index (χ1n) is 5.10. The predicted molar refractivity (Wildman–Crippen MR) is 69.1 cm³/mol. The van der Waals surface area contributed by atoms with Crippen LogP contribution < -0.4 is 5.73 Å². The lowest BCUT2D eigenvalue weighted by molar-refractivity contribution is -0.387. The topological polar surface area (TPSA) is 94.9 Å². The van der Waals surface area contributed by atoms with E-state index in [1.807, 2.05) is 30.3 Å². The van der Waals surface area contributed by atoms with E-state index in [9.17, 15) is 10.1 Å². The maximum atomic E-state index is 10.9. The Morgan fingerprint density at radius 3 is 2.67 bits per heavy atom. The number of nitrogens with zero attached hydrogens (tertiary/aromatic N) is 3. The van der Waals surface area contributed by atoms with Crippen LogP contribution in [0.2, 0.25) is 0 Å². The molecule has 7 heteroatoms. The monoisotopic (exact) mass is 262 g/mol. The fourth-order valence-electron chi connectivity index (χ4n) is 1.38. The Labute approximate surface area is 107 Å². The van der Waals surface area contributed by atoms with Crippen molar-refractivity contribution in [2.45, 2.75) is 10.8 Å². The minimum Gasteiger partial charge on any atom is -0.378 e. The summed E-state index contributed by atoms with van der Waals surface area (Å²) in [6.45, 7) is 0. The second-order valence-electron chi connectivity index (χ2n) is 3.44. The lowest BCUT2D eigenvalue weighted by atomic mass is 10.2. The molecule has 2 rings (SSSR count). The molecular weight excluding hydrogens is 252 g/mol. The summed E-state index contributed by atoms with van der Waals surface area (Å²) in [4.78, 5) is 17.9. The van der Waals surface area contributed by atoms with E-state index in [0.717, 1.165) is 5.56 Å². The highest BCUT2D eigenvalue weighted by molar-refractivity contribution is 7.98. The van der Waals surface area contributed by atoms with Crippen LogP contribution in [-0.2, 0) is 5.75 Å². The first-order valence-corrected chi connectivity index (χ1v) is 6.08. The van der Waals surface area contributed by atoms with Crippen molar-refractivity contribution in [3.8, 4) is 0 Å². The summed E-state index contributed by atoms with van der Waals surface area (Å²) in [7, 11) is 0. The van der Waals surface area contributed by atoms with Crippen molar-refractivity contribution in [1.82, 2.24) is 9.97 Å². The number of hydrogen-bond acceptors (Lipinski definition) is 6. The Bertz CT molecular complexity index is 562. The van der Waals surface area contributed by atoms with Gasteiger partial charge in [0.2, 0.25) is 5.82 Å². The first-order chi connectivity index (χ1) is 8.68. The number of hydrogen-bond donors (Lipinski definition) is 1. The first kappa shape index (κ1) is 12.3. The van der Waals surface area contributed by atoms with E-state index in [0.29, 0.717) is 5.75 Å². The average molecular weight is 262 g/mol. The van der Waals surface area contributed by atoms with Crippen LogP contribution in [0.4, 0.5) is 11.5 Å². The van der Waals surface area contributed by atoms with Crippen LogP contribution in [-0.4, -0.2) is 14.9 Å². The van der Waals surface area contributed by atoms with Crippen LogP contribution in [0.3, 0.4) is 0 Å². The number of thioether (sulfide) groups is 1. The Balaban J connectivity index is 2.20. The molecule has 0 saturated carbocycles.